The molecule has 0 aliphatic rings. The third-order valence-electron chi connectivity index (χ3n) is 21.1. The van der Waals surface area contributed by atoms with Crippen molar-refractivity contribution in [3.05, 3.63) is 0 Å². The molecule has 0 bridgehead atoms. The summed E-state index contributed by atoms with van der Waals surface area (Å²) in [4.78, 5) is 73.3. The normalized spacial score (nSPS) is 13.8. The zero-order valence-corrected chi connectivity index (χ0v) is 73.8. The van der Waals surface area contributed by atoms with Gasteiger partial charge in [0.25, 0.3) is 0 Å². The van der Waals surface area contributed by atoms with Gasteiger partial charge in [0, 0.05) is 25.7 Å². The standard InChI is InChI=1S/C90H176O17P2/c1-8-9-10-11-12-13-14-15-16-17-18-19-20-21-26-29-32-38-43-52-59-66-73-89(94)106-85(77-100-87(92)71-64-57-50-42-37-31-28-25-23-22-24-27-30-35-40-47-54-61-68-81(2)3)79-104-108(96,97)102-75-84(91)76-103-109(98,99)105-80-86(78-101-88(93)72-65-58-51-46-45-49-56-63-70-83(6)7)107-90(95)74-67-60-53-44-39-34-33-36-41-48-55-62-69-82(4)5/h81-86,91H,8-80H2,1-7H3,(H,96,97)(H,98,99)/t84-,85-,86-/m1/s1. The Kier molecular flexibility index (Phi) is 78.5. The minimum atomic E-state index is -4.97. The molecule has 19 heteroatoms. The number of aliphatic hydroxyl groups is 1. The van der Waals surface area contributed by atoms with Crippen molar-refractivity contribution >= 4 is 39.5 Å². The van der Waals surface area contributed by atoms with Gasteiger partial charge in [0.2, 0.25) is 0 Å². The van der Waals surface area contributed by atoms with E-state index < -0.39 is 97.5 Å². The summed E-state index contributed by atoms with van der Waals surface area (Å²) in [6.07, 6.45) is 72.4. The molecule has 2 unspecified atom stereocenters. The second-order valence-corrected chi connectivity index (χ2v) is 36.7. The average Bonchev–Trinajstić information content (AvgIpc) is 0.901. The maximum atomic E-state index is 13.2. The van der Waals surface area contributed by atoms with Crippen molar-refractivity contribution in [1.82, 2.24) is 0 Å². The summed E-state index contributed by atoms with van der Waals surface area (Å²) >= 11 is 0. The Hall–Kier alpha value is -1.94. The first kappa shape index (κ1) is 107. The summed E-state index contributed by atoms with van der Waals surface area (Å²) in [5.74, 6) is 0.224. The number of aliphatic hydroxyl groups excluding tert-OH is 1. The fourth-order valence-corrected chi connectivity index (χ4v) is 15.7. The lowest BCUT2D eigenvalue weighted by Gasteiger charge is -2.21. The number of phosphoric acid groups is 2. The van der Waals surface area contributed by atoms with Crippen LogP contribution in [0, 0.1) is 17.8 Å². The van der Waals surface area contributed by atoms with Gasteiger partial charge in [0.1, 0.15) is 19.3 Å². The minimum Gasteiger partial charge on any atom is -0.462 e. The van der Waals surface area contributed by atoms with E-state index in [-0.39, 0.29) is 25.7 Å². The topological polar surface area (TPSA) is 237 Å². The van der Waals surface area contributed by atoms with E-state index in [1.54, 1.807) is 0 Å². The van der Waals surface area contributed by atoms with E-state index in [2.05, 4.69) is 48.5 Å². The van der Waals surface area contributed by atoms with Crippen molar-refractivity contribution in [2.45, 2.75) is 497 Å². The second kappa shape index (κ2) is 79.9. The van der Waals surface area contributed by atoms with Crippen LogP contribution in [0.4, 0.5) is 0 Å². The summed E-state index contributed by atoms with van der Waals surface area (Å²) in [6.45, 7) is 12.0. The zero-order valence-electron chi connectivity index (χ0n) is 72.0. The molecule has 0 aromatic heterocycles. The average molecular weight is 1590 g/mol. The molecule has 0 fully saturated rings. The lowest BCUT2D eigenvalue weighted by atomic mass is 10.0. The molecule has 5 atom stereocenters. The molecular weight excluding hydrogens is 1410 g/mol. The number of ether oxygens (including phenoxy) is 4. The summed E-state index contributed by atoms with van der Waals surface area (Å²) in [5.41, 5.74) is 0. The Labute approximate surface area is 670 Å². The Morgan fingerprint density at radius 2 is 0.422 bits per heavy atom. The highest BCUT2D eigenvalue weighted by molar-refractivity contribution is 7.47. The lowest BCUT2D eigenvalue weighted by molar-refractivity contribution is -0.161. The van der Waals surface area contributed by atoms with Crippen LogP contribution in [0.15, 0.2) is 0 Å². The highest BCUT2D eigenvalue weighted by Gasteiger charge is 2.31. The van der Waals surface area contributed by atoms with Crippen molar-refractivity contribution in [2.24, 2.45) is 17.8 Å². The Balaban J connectivity index is 5.22. The molecule has 109 heavy (non-hydrogen) atoms. The number of hydrogen-bond acceptors (Lipinski definition) is 15. The number of phosphoric ester groups is 2. The molecule has 0 heterocycles. The molecule has 0 aliphatic carbocycles. The summed E-state index contributed by atoms with van der Waals surface area (Å²) < 4.78 is 69.0. The Morgan fingerprint density at radius 3 is 0.624 bits per heavy atom. The van der Waals surface area contributed by atoms with Gasteiger partial charge in [0.05, 0.1) is 26.4 Å². The number of hydrogen-bond donors (Lipinski definition) is 3. The van der Waals surface area contributed by atoms with Gasteiger partial charge >= 0.3 is 39.5 Å². The molecule has 0 aromatic rings. The SMILES string of the molecule is CCCCCCCCCCCCCCCCCCCCCCCCC(=O)O[C@H](COC(=O)CCCCCCCCCCCCCCCCCCCCC(C)C)COP(=O)(O)OC[C@@H](O)COP(=O)(O)OC[C@@H](COC(=O)CCCCCCCCCCC(C)C)OC(=O)CCCCCCCCCCCCCCC(C)C. The van der Waals surface area contributed by atoms with Crippen LogP contribution >= 0.6 is 15.6 Å². The van der Waals surface area contributed by atoms with E-state index in [0.29, 0.717) is 25.7 Å². The van der Waals surface area contributed by atoms with E-state index in [4.69, 9.17) is 37.0 Å². The van der Waals surface area contributed by atoms with Gasteiger partial charge in [-0.15, -0.1) is 0 Å². The first-order chi connectivity index (χ1) is 52.7. The maximum Gasteiger partial charge on any atom is 0.472 e. The number of esters is 4. The third kappa shape index (κ3) is 83.8. The summed E-state index contributed by atoms with van der Waals surface area (Å²) in [5, 5.41) is 10.7. The van der Waals surface area contributed by atoms with E-state index in [9.17, 15) is 43.2 Å². The predicted octanol–water partition coefficient (Wildman–Crippen LogP) is 27.6. The molecule has 0 aliphatic heterocycles. The Bertz CT molecular complexity index is 2100. The summed E-state index contributed by atoms with van der Waals surface area (Å²) in [6, 6.07) is 0. The lowest BCUT2D eigenvalue weighted by Crippen LogP contribution is -2.30. The largest absolute Gasteiger partial charge is 0.472 e. The van der Waals surface area contributed by atoms with Crippen LogP contribution in [-0.4, -0.2) is 96.7 Å². The van der Waals surface area contributed by atoms with E-state index in [0.717, 1.165) is 108 Å². The third-order valence-corrected chi connectivity index (χ3v) is 23.0. The minimum absolute atomic E-state index is 0.107. The molecule has 0 aromatic carbocycles. The highest BCUT2D eigenvalue weighted by atomic mass is 31.2. The van der Waals surface area contributed by atoms with Crippen molar-refractivity contribution in [1.29, 1.82) is 0 Å². The van der Waals surface area contributed by atoms with Gasteiger partial charge in [-0.25, -0.2) is 9.13 Å². The Morgan fingerprint density at radius 1 is 0.248 bits per heavy atom. The van der Waals surface area contributed by atoms with Crippen LogP contribution < -0.4 is 0 Å². The quantitative estimate of drug-likeness (QED) is 0.0222. The molecular formula is C90H176O17P2. The van der Waals surface area contributed by atoms with Crippen LogP contribution in [0.1, 0.15) is 479 Å². The van der Waals surface area contributed by atoms with Crippen LogP contribution in [-0.2, 0) is 65.4 Å². The first-order valence-electron chi connectivity index (χ1n) is 46.3. The monoisotopic (exact) mass is 1590 g/mol. The fourth-order valence-electron chi connectivity index (χ4n) is 14.1. The number of carbonyl (C=O) groups excluding carboxylic acids is 4. The highest BCUT2D eigenvalue weighted by Crippen LogP contribution is 2.45. The van der Waals surface area contributed by atoms with Gasteiger partial charge in [-0.2, -0.15) is 0 Å². The van der Waals surface area contributed by atoms with Crippen LogP contribution in [0.3, 0.4) is 0 Å². The zero-order chi connectivity index (χ0) is 80.0. The van der Waals surface area contributed by atoms with Crippen molar-refractivity contribution in [3.8, 4) is 0 Å². The molecule has 0 spiro atoms. The van der Waals surface area contributed by atoms with Gasteiger partial charge in [0.15, 0.2) is 12.2 Å². The van der Waals surface area contributed by atoms with Crippen LogP contribution in [0.5, 0.6) is 0 Å². The van der Waals surface area contributed by atoms with Crippen molar-refractivity contribution in [3.63, 3.8) is 0 Å². The molecule has 0 radical (unpaired) electrons. The van der Waals surface area contributed by atoms with Crippen LogP contribution in [0.2, 0.25) is 0 Å². The second-order valence-electron chi connectivity index (χ2n) is 33.8. The van der Waals surface area contributed by atoms with Gasteiger partial charge < -0.3 is 33.8 Å². The molecule has 0 amide bonds. The van der Waals surface area contributed by atoms with Crippen molar-refractivity contribution in [2.75, 3.05) is 39.6 Å². The van der Waals surface area contributed by atoms with Gasteiger partial charge in [-0.1, -0.05) is 427 Å². The van der Waals surface area contributed by atoms with Gasteiger partial charge in [-0.3, -0.25) is 37.3 Å². The number of carbonyl (C=O) groups is 4. The molecule has 17 nitrogen and oxygen atoms in total. The van der Waals surface area contributed by atoms with E-state index in [1.165, 1.54) is 289 Å². The maximum absolute atomic E-state index is 13.2. The van der Waals surface area contributed by atoms with Crippen molar-refractivity contribution < 1.29 is 80.2 Å². The fraction of sp³-hybridized carbons (Fsp3) is 0.956. The summed E-state index contributed by atoms with van der Waals surface area (Å²) in [7, 11) is -9.93. The molecule has 0 saturated carbocycles. The van der Waals surface area contributed by atoms with E-state index in [1.807, 2.05) is 0 Å². The number of unbranched alkanes of at least 4 members (excludes halogenated alkanes) is 56. The van der Waals surface area contributed by atoms with E-state index >= 15 is 0 Å². The smallest absolute Gasteiger partial charge is 0.462 e. The molecule has 648 valence electrons. The molecule has 3 N–H and O–H groups in total. The molecule has 0 rings (SSSR count). The predicted molar refractivity (Wildman–Crippen MR) is 451 cm³/mol. The van der Waals surface area contributed by atoms with Gasteiger partial charge in [-0.05, 0) is 43.4 Å². The van der Waals surface area contributed by atoms with Crippen LogP contribution in [0.25, 0.3) is 0 Å². The number of rotatable bonds is 88. The molecule has 0 saturated heterocycles. The first-order valence-corrected chi connectivity index (χ1v) is 49.3.